The third kappa shape index (κ3) is 5.86. The van der Waals surface area contributed by atoms with Crippen LogP contribution < -0.4 is 4.74 Å². The second-order valence-corrected chi connectivity index (χ2v) is 19.9. The largest absolute Gasteiger partial charge is 0.465 e. The molecule has 5 saturated carbocycles. The van der Waals surface area contributed by atoms with Crippen molar-refractivity contribution in [2.75, 3.05) is 6.61 Å². The van der Waals surface area contributed by atoms with Gasteiger partial charge in [0, 0.05) is 0 Å². The molecule has 0 N–H and O–H groups in total. The van der Waals surface area contributed by atoms with Gasteiger partial charge in [-0.05, 0) is 179 Å². The Labute approximate surface area is 309 Å². The second kappa shape index (κ2) is 12.3. The summed E-state index contributed by atoms with van der Waals surface area (Å²) in [5.74, 6) is 2.32. The maximum atomic E-state index is 14.8. The second-order valence-electron chi connectivity index (χ2n) is 19.9. The Kier molecular flexibility index (Phi) is 8.43. The van der Waals surface area contributed by atoms with E-state index in [0.717, 1.165) is 39.8 Å². The van der Waals surface area contributed by atoms with Crippen LogP contribution in [0.5, 0.6) is 5.75 Å². The number of fused-ring (bicyclic) bond motifs is 6. The highest BCUT2D eigenvalue weighted by atomic mass is 16.6. The van der Waals surface area contributed by atoms with Crippen molar-refractivity contribution in [2.45, 2.75) is 119 Å². The summed E-state index contributed by atoms with van der Waals surface area (Å²) in [5, 5.41) is 4.34. The molecule has 6 heteroatoms. The summed E-state index contributed by atoms with van der Waals surface area (Å²) in [4.78, 5) is 42.3. The average Bonchev–Trinajstić information content (AvgIpc) is 3.83. The molecule has 8 rings (SSSR count). The molecule has 5 aliphatic rings. The van der Waals surface area contributed by atoms with E-state index in [1.807, 2.05) is 78.8 Å². The minimum absolute atomic E-state index is 0.0951. The van der Waals surface area contributed by atoms with E-state index >= 15 is 0 Å². The number of benzene rings is 3. The highest BCUT2D eigenvalue weighted by Gasteiger charge is 2.75. The van der Waals surface area contributed by atoms with Crippen LogP contribution in [0.3, 0.4) is 0 Å². The van der Waals surface area contributed by atoms with Crippen molar-refractivity contribution >= 4 is 39.5 Å². The minimum Gasteiger partial charge on any atom is -0.465 e. The number of carbonyl (C=O) groups excluding carboxylic acids is 3. The van der Waals surface area contributed by atoms with Gasteiger partial charge in [0.1, 0.15) is 11.9 Å². The van der Waals surface area contributed by atoms with E-state index in [9.17, 15) is 14.4 Å². The highest BCUT2D eigenvalue weighted by molar-refractivity contribution is 5.99. The zero-order valence-corrected chi connectivity index (χ0v) is 32.4. The summed E-state index contributed by atoms with van der Waals surface area (Å²) in [6, 6.07) is 18.2. The number of esters is 3. The van der Waals surface area contributed by atoms with E-state index in [1.165, 1.54) is 44.9 Å². The Hall–Kier alpha value is -3.41. The molecule has 52 heavy (non-hydrogen) atoms. The molecule has 5 aliphatic carbocycles. The van der Waals surface area contributed by atoms with Crippen molar-refractivity contribution in [2.24, 2.45) is 56.7 Å². The normalized spacial score (nSPS) is 31.5. The summed E-state index contributed by atoms with van der Waals surface area (Å²) in [5.41, 5.74) is -2.29. The molecule has 4 bridgehead atoms. The first kappa shape index (κ1) is 35.6. The van der Waals surface area contributed by atoms with Crippen molar-refractivity contribution in [3.05, 3.63) is 54.6 Å². The van der Waals surface area contributed by atoms with Gasteiger partial charge in [-0.15, -0.1) is 0 Å². The van der Waals surface area contributed by atoms with E-state index < -0.39 is 22.2 Å². The third-order valence-electron chi connectivity index (χ3n) is 14.5. The molecule has 8 unspecified atom stereocenters. The predicted molar refractivity (Wildman–Crippen MR) is 203 cm³/mol. The Morgan fingerprint density at radius 3 is 2.12 bits per heavy atom. The van der Waals surface area contributed by atoms with Gasteiger partial charge in [-0.1, -0.05) is 50.6 Å². The van der Waals surface area contributed by atoms with Crippen molar-refractivity contribution in [3.63, 3.8) is 0 Å². The minimum atomic E-state index is -1.13. The quantitative estimate of drug-likeness (QED) is 0.112. The van der Waals surface area contributed by atoms with Crippen molar-refractivity contribution in [1.29, 1.82) is 0 Å². The van der Waals surface area contributed by atoms with Crippen molar-refractivity contribution < 1.29 is 28.6 Å². The number of ether oxygens (including phenoxy) is 3. The molecule has 3 aromatic rings. The Morgan fingerprint density at radius 1 is 0.750 bits per heavy atom. The van der Waals surface area contributed by atoms with Crippen LogP contribution in [0, 0.1) is 56.7 Å². The Balaban J connectivity index is 1.04. The van der Waals surface area contributed by atoms with Crippen LogP contribution >= 0.6 is 0 Å². The maximum absolute atomic E-state index is 14.8. The first-order chi connectivity index (χ1) is 24.5. The fourth-order valence-electron chi connectivity index (χ4n) is 12.9. The SMILES string of the molecule is CC(C)COC(=O)C(C)(C)CC(C)(CC(C)(C)C(=O)Oc1ccc2cc3ccccc3cc2c1)C(=O)OC1CC23CCCC45CCC(C4)C(C1C2)C53. The highest BCUT2D eigenvalue weighted by Crippen LogP contribution is 2.80. The van der Waals surface area contributed by atoms with Crippen LogP contribution in [0.2, 0.25) is 0 Å². The van der Waals surface area contributed by atoms with Gasteiger partial charge in [0.15, 0.2) is 0 Å². The lowest BCUT2D eigenvalue weighted by molar-refractivity contribution is -0.176. The molecule has 0 radical (unpaired) electrons. The smallest absolute Gasteiger partial charge is 0.316 e. The first-order valence-electron chi connectivity index (χ1n) is 20.1. The molecule has 0 aromatic heterocycles. The fraction of sp³-hybridized carbons (Fsp3) is 0.630. The van der Waals surface area contributed by atoms with Gasteiger partial charge in [-0.2, -0.15) is 0 Å². The Bertz CT molecular complexity index is 1920. The molecule has 6 nitrogen and oxygen atoms in total. The molecule has 278 valence electrons. The van der Waals surface area contributed by atoms with Crippen LogP contribution in [-0.2, 0) is 23.9 Å². The summed E-state index contributed by atoms with van der Waals surface area (Å²) in [6.45, 7) is 13.6. The molecule has 3 aromatic carbocycles. The predicted octanol–water partition coefficient (Wildman–Crippen LogP) is 10.5. The lowest BCUT2D eigenvalue weighted by atomic mass is 9.52. The number of carbonyl (C=O) groups is 3. The number of hydrogen-bond acceptors (Lipinski definition) is 6. The first-order valence-corrected chi connectivity index (χ1v) is 20.1. The van der Waals surface area contributed by atoms with Crippen LogP contribution in [0.25, 0.3) is 21.5 Å². The van der Waals surface area contributed by atoms with Crippen LogP contribution in [0.1, 0.15) is 113 Å². The van der Waals surface area contributed by atoms with Crippen molar-refractivity contribution in [3.8, 4) is 5.75 Å². The fourth-order valence-corrected chi connectivity index (χ4v) is 12.9. The van der Waals surface area contributed by atoms with Gasteiger partial charge < -0.3 is 14.2 Å². The molecule has 5 fully saturated rings. The van der Waals surface area contributed by atoms with E-state index in [0.29, 0.717) is 35.0 Å². The van der Waals surface area contributed by atoms with Crippen LogP contribution in [0.4, 0.5) is 0 Å². The molecule has 8 atom stereocenters. The van der Waals surface area contributed by atoms with Gasteiger partial charge in [0.05, 0.1) is 22.9 Å². The monoisotopic (exact) mass is 706 g/mol. The molecular weight excluding hydrogens is 649 g/mol. The summed E-state index contributed by atoms with van der Waals surface area (Å²) < 4.78 is 18.5. The van der Waals surface area contributed by atoms with Gasteiger partial charge in [0.25, 0.3) is 0 Å². The molecule has 0 amide bonds. The van der Waals surface area contributed by atoms with Crippen LogP contribution in [-0.4, -0.2) is 30.6 Å². The van der Waals surface area contributed by atoms with Gasteiger partial charge in [-0.25, -0.2) is 0 Å². The number of hydrogen-bond donors (Lipinski definition) is 0. The molecule has 0 heterocycles. The molecule has 0 aliphatic heterocycles. The van der Waals surface area contributed by atoms with E-state index in [1.54, 1.807) is 0 Å². The standard InChI is InChI=1S/C46H58O6/c1-28(2)25-50-39(47)42(3,4)26-44(7,41(49)52-36-24-46-17-10-16-45-18-15-32(22-45)37(38(45)46)35(36)23-46)27-43(5,6)40(48)51-34-14-13-31-19-29-11-8-9-12-30(29)20-33(31)21-34/h8-9,11-14,19-21,28,32,35-38H,10,15-18,22-27H2,1-7H3. The average molecular weight is 707 g/mol. The molecule has 0 saturated heterocycles. The molecule has 2 spiro atoms. The van der Waals surface area contributed by atoms with E-state index in [2.05, 4.69) is 24.3 Å². The van der Waals surface area contributed by atoms with E-state index in [-0.39, 0.29) is 36.8 Å². The van der Waals surface area contributed by atoms with Gasteiger partial charge in [-0.3, -0.25) is 14.4 Å². The third-order valence-corrected chi connectivity index (χ3v) is 14.5. The zero-order chi connectivity index (χ0) is 36.8. The number of rotatable bonds is 11. The summed E-state index contributed by atoms with van der Waals surface area (Å²) in [6.07, 6.45) is 10.5. The zero-order valence-electron chi connectivity index (χ0n) is 32.4. The Morgan fingerprint density at radius 2 is 1.40 bits per heavy atom. The van der Waals surface area contributed by atoms with Gasteiger partial charge in [0.2, 0.25) is 0 Å². The van der Waals surface area contributed by atoms with E-state index in [4.69, 9.17) is 14.2 Å². The van der Waals surface area contributed by atoms with Crippen molar-refractivity contribution in [1.82, 2.24) is 0 Å². The summed E-state index contributed by atoms with van der Waals surface area (Å²) in [7, 11) is 0. The van der Waals surface area contributed by atoms with Gasteiger partial charge >= 0.3 is 17.9 Å². The lowest BCUT2D eigenvalue weighted by Gasteiger charge is -2.53. The maximum Gasteiger partial charge on any atom is 0.316 e. The lowest BCUT2D eigenvalue weighted by Crippen LogP contribution is -2.49. The van der Waals surface area contributed by atoms with Crippen LogP contribution in [0.15, 0.2) is 54.6 Å². The molecular formula is C46H58O6. The summed E-state index contributed by atoms with van der Waals surface area (Å²) >= 11 is 0. The topological polar surface area (TPSA) is 78.9 Å².